The molecule has 29 heavy (non-hydrogen) atoms. The SMILES string of the molecule is COc1cccc(N2C(=O)NC(=O)/C(=C/c3ccc(OC)c([N+](=O)[O-])c3)C2=O)c1. The van der Waals surface area contributed by atoms with Gasteiger partial charge in [0, 0.05) is 12.1 Å². The van der Waals surface area contributed by atoms with Crippen molar-refractivity contribution in [3.63, 3.8) is 0 Å². The highest BCUT2D eigenvalue weighted by atomic mass is 16.6. The van der Waals surface area contributed by atoms with Gasteiger partial charge in [-0.25, -0.2) is 9.69 Å². The molecule has 0 bridgehead atoms. The molecule has 2 aromatic carbocycles. The van der Waals surface area contributed by atoms with E-state index in [0.29, 0.717) is 5.75 Å². The third-order valence-electron chi connectivity index (χ3n) is 4.12. The largest absolute Gasteiger partial charge is 0.497 e. The lowest BCUT2D eigenvalue weighted by molar-refractivity contribution is -0.385. The van der Waals surface area contributed by atoms with E-state index in [0.717, 1.165) is 4.90 Å². The van der Waals surface area contributed by atoms with Crippen LogP contribution in [0.2, 0.25) is 0 Å². The molecule has 4 amide bonds. The summed E-state index contributed by atoms with van der Waals surface area (Å²) in [6.45, 7) is 0. The van der Waals surface area contributed by atoms with Gasteiger partial charge >= 0.3 is 11.7 Å². The maximum absolute atomic E-state index is 12.9. The Morgan fingerprint density at radius 1 is 1.07 bits per heavy atom. The van der Waals surface area contributed by atoms with Gasteiger partial charge < -0.3 is 9.47 Å². The number of nitro groups is 1. The van der Waals surface area contributed by atoms with E-state index >= 15 is 0 Å². The standard InChI is InChI=1S/C19H15N3O7/c1-28-13-5-3-4-12(10-13)21-18(24)14(17(23)20-19(21)25)8-11-6-7-16(29-2)15(9-11)22(26)27/h3-10H,1-2H3,(H,20,23,25)/b14-8-. The first-order chi connectivity index (χ1) is 13.8. The number of anilines is 1. The van der Waals surface area contributed by atoms with Crippen LogP contribution in [-0.4, -0.2) is 37.0 Å². The van der Waals surface area contributed by atoms with Crippen LogP contribution in [0.1, 0.15) is 5.56 Å². The Bertz CT molecular complexity index is 1060. The van der Waals surface area contributed by atoms with Gasteiger partial charge in [-0.05, 0) is 29.8 Å². The minimum atomic E-state index is -0.911. The van der Waals surface area contributed by atoms with Gasteiger partial charge in [-0.2, -0.15) is 0 Å². The van der Waals surface area contributed by atoms with Crippen molar-refractivity contribution in [3.8, 4) is 11.5 Å². The van der Waals surface area contributed by atoms with Gasteiger partial charge in [-0.15, -0.1) is 0 Å². The van der Waals surface area contributed by atoms with Crippen molar-refractivity contribution in [3.05, 3.63) is 63.7 Å². The summed E-state index contributed by atoms with van der Waals surface area (Å²) in [6.07, 6.45) is 1.17. The molecule has 10 nitrogen and oxygen atoms in total. The summed E-state index contributed by atoms with van der Waals surface area (Å²) < 4.78 is 10.0. The first-order valence-electron chi connectivity index (χ1n) is 8.23. The molecule has 0 atom stereocenters. The predicted octanol–water partition coefficient (Wildman–Crippen LogP) is 2.28. The fourth-order valence-corrected chi connectivity index (χ4v) is 2.75. The number of urea groups is 1. The number of rotatable bonds is 5. The molecule has 1 N–H and O–H groups in total. The number of benzene rings is 2. The summed E-state index contributed by atoms with van der Waals surface area (Å²) in [5, 5.41) is 13.3. The maximum Gasteiger partial charge on any atom is 0.335 e. The van der Waals surface area contributed by atoms with Crippen LogP contribution in [0.25, 0.3) is 6.08 Å². The summed E-state index contributed by atoms with van der Waals surface area (Å²) in [5.41, 5.74) is -0.264. The second kappa shape index (κ2) is 7.80. The van der Waals surface area contributed by atoms with Crippen molar-refractivity contribution in [2.45, 2.75) is 0 Å². The number of methoxy groups -OCH3 is 2. The molecule has 1 aliphatic rings. The van der Waals surface area contributed by atoms with Crippen LogP contribution in [-0.2, 0) is 9.59 Å². The molecule has 0 spiro atoms. The van der Waals surface area contributed by atoms with Crippen molar-refractivity contribution in [1.82, 2.24) is 5.32 Å². The Hall–Kier alpha value is -4.21. The smallest absolute Gasteiger partial charge is 0.335 e. The molecule has 0 saturated carbocycles. The van der Waals surface area contributed by atoms with Crippen LogP contribution in [0.5, 0.6) is 11.5 Å². The number of barbiturate groups is 1. The minimum Gasteiger partial charge on any atom is -0.497 e. The van der Waals surface area contributed by atoms with Gasteiger partial charge in [0.15, 0.2) is 5.75 Å². The first kappa shape index (κ1) is 19.5. The van der Waals surface area contributed by atoms with Crippen LogP contribution >= 0.6 is 0 Å². The zero-order chi connectivity index (χ0) is 21.1. The number of carbonyl (C=O) groups is 3. The average Bonchev–Trinajstić information content (AvgIpc) is 2.71. The lowest BCUT2D eigenvalue weighted by atomic mass is 10.1. The molecule has 148 valence electrons. The zero-order valence-corrected chi connectivity index (χ0v) is 15.4. The number of nitro benzene ring substituents is 1. The molecule has 2 aromatic rings. The Balaban J connectivity index is 2.03. The quantitative estimate of drug-likeness (QED) is 0.355. The summed E-state index contributed by atoms with van der Waals surface area (Å²) in [4.78, 5) is 48.7. The Morgan fingerprint density at radius 3 is 2.48 bits per heavy atom. The fraction of sp³-hybridized carbons (Fsp3) is 0.105. The molecule has 1 fully saturated rings. The van der Waals surface area contributed by atoms with Crippen molar-refractivity contribution in [1.29, 1.82) is 0 Å². The molecular weight excluding hydrogens is 382 g/mol. The minimum absolute atomic E-state index is 0.0322. The van der Waals surface area contributed by atoms with E-state index in [1.54, 1.807) is 12.1 Å². The lowest BCUT2D eigenvalue weighted by Crippen LogP contribution is -2.54. The molecule has 1 aliphatic heterocycles. The zero-order valence-electron chi connectivity index (χ0n) is 15.4. The number of hydrogen-bond donors (Lipinski definition) is 1. The molecule has 0 aromatic heterocycles. The monoisotopic (exact) mass is 397 g/mol. The maximum atomic E-state index is 12.9. The van der Waals surface area contributed by atoms with Gasteiger partial charge in [-0.1, -0.05) is 12.1 Å². The summed E-state index contributed by atoms with van der Waals surface area (Å²) in [7, 11) is 2.72. The third-order valence-corrected chi connectivity index (χ3v) is 4.12. The second-order valence-corrected chi connectivity index (χ2v) is 5.85. The molecule has 1 saturated heterocycles. The first-order valence-corrected chi connectivity index (χ1v) is 8.23. The number of amides is 4. The van der Waals surface area contributed by atoms with E-state index in [1.165, 1.54) is 50.6 Å². The van der Waals surface area contributed by atoms with Gasteiger partial charge in [0.25, 0.3) is 11.8 Å². The summed E-state index contributed by atoms with van der Waals surface area (Å²) >= 11 is 0. The number of ether oxygens (including phenoxy) is 2. The molecule has 3 rings (SSSR count). The highest BCUT2D eigenvalue weighted by Crippen LogP contribution is 2.30. The number of hydrogen-bond acceptors (Lipinski definition) is 7. The highest BCUT2D eigenvalue weighted by Gasteiger charge is 2.37. The van der Waals surface area contributed by atoms with Crippen LogP contribution in [0.15, 0.2) is 48.0 Å². The van der Waals surface area contributed by atoms with Crippen molar-refractivity contribution >= 4 is 35.3 Å². The van der Waals surface area contributed by atoms with E-state index in [1.807, 2.05) is 0 Å². The number of nitrogens with one attached hydrogen (secondary N) is 1. The predicted molar refractivity (Wildman–Crippen MR) is 102 cm³/mol. The molecule has 10 heteroatoms. The third kappa shape index (κ3) is 3.76. The van der Waals surface area contributed by atoms with E-state index in [4.69, 9.17) is 9.47 Å². The van der Waals surface area contributed by atoms with Crippen molar-refractivity contribution < 1.29 is 28.8 Å². The van der Waals surface area contributed by atoms with E-state index in [2.05, 4.69) is 5.32 Å². The van der Waals surface area contributed by atoms with Crippen molar-refractivity contribution in [2.24, 2.45) is 0 Å². The van der Waals surface area contributed by atoms with E-state index in [9.17, 15) is 24.5 Å². The number of nitrogens with zero attached hydrogens (tertiary/aromatic N) is 2. The molecule has 0 unspecified atom stereocenters. The fourth-order valence-electron chi connectivity index (χ4n) is 2.75. The van der Waals surface area contributed by atoms with Crippen LogP contribution in [0, 0.1) is 10.1 Å². The highest BCUT2D eigenvalue weighted by molar-refractivity contribution is 6.39. The van der Waals surface area contributed by atoms with Gasteiger partial charge in [-0.3, -0.25) is 25.0 Å². The van der Waals surface area contributed by atoms with E-state index in [-0.39, 0.29) is 28.3 Å². The Morgan fingerprint density at radius 2 is 1.83 bits per heavy atom. The lowest BCUT2D eigenvalue weighted by Gasteiger charge is -2.26. The molecule has 1 heterocycles. The van der Waals surface area contributed by atoms with Crippen LogP contribution in [0.4, 0.5) is 16.2 Å². The van der Waals surface area contributed by atoms with Gasteiger partial charge in [0.2, 0.25) is 0 Å². The number of carbonyl (C=O) groups excluding carboxylic acids is 3. The number of imide groups is 2. The van der Waals surface area contributed by atoms with Crippen LogP contribution in [0.3, 0.4) is 0 Å². The summed E-state index contributed by atoms with van der Waals surface area (Å²) in [5.74, 6) is -1.33. The van der Waals surface area contributed by atoms with Crippen molar-refractivity contribution in [2.75, 3.05) is 19.1 Å². The van der Waals surface area contributed by atoms with Gasteiger partial charge in [0.1, 0.15) is 11.3 Å². The normalized spacial score (nSPS) is 15.3. The molecule has 0 radical (unpaired) electrons. The topological polar surface area (TPSA) is 128 Å². The Kier molecular flexibility index (Phi) is 5.26. The molecular formula is C19H15N3O7. The Labute approximate surface area is 164 Å². The van der Waals surface area contributed by atoms with E-state index < -0.39 is 22.8 Å². The summed E-state index contributed by atoms with van der Waals surface area (Å²) in [6, 6.07) is 9.24. The van der Waals surface area contributed by atoms with Crippen LogP contribution < -0.4 is 19.7 Å². The van der Waals surface area contributed by atoms with Gasteiger partial charge in [0.05, 0.1) is 24.8 Å². The molecule has 0 aliphatic carbocycles. The second-order valence-electron chi connectivity index (χ2n) is 5.85. The average molecular weight is 397 g/mol.